The molecule has 1 unspecified atom stereocenters. The van der Waals surface area contributed by atoms with Gasteiger partial charge in [0.1, 0.15) is 0 Å². The molecule has 1 saturated heterocycles. The summed E-state index contributed by atoms with van der Waals surface area (Å²) in [5.74, 6) is -1.28. The Hall–Kier alpha value is -1.40. The molecular formula is C19H33NO5. The van der Waals surface area contributed by atoms with Crippen molar-refractivity contribution in [2.75, 3.05) is 39.5 Å². The van der Waals surface area contributed by atoms with Crippen molar-refractivity contribution in [3.05, 3.63) is 11.6 Å². The zero-order valence-electron chi connectivity index (χ0n) is 15.7. The predicted molar refractivity (Wildman–Crippen MR) is 96.5 cm³/mol. The Morgan fingerprint density at radius 3 is 2.60 bits per heavy atom. The minimum Gasteiger partial charge on any atom is -0.478 e. The smallest absolute Gasteiger partial charge is 0.334 e. The third kappa shape index (κ3) is 10.2. The molecule has 1 aliphatic rings. The summed E-state index contributed by atoms with van der Waals surface area (Å²) >= 11 is 0. The van der Waals surface area contributed by atoms with Gasteiger partial charge in [-0.05, 0) is 38.1 Å². The van der Waals surface area contributed by atoms with E-state index in [2.05, 4.69) is 11.8 Å². The lowest BCUT2D eigenvalue weighted by molar-refractivity contribution is -0.141. The fourth-order valence-corrected chi connectivity index (χ4v) is 2.92. The maximum atomic E-state index is 12.1. The van der Waals surface area contributed by atoms with Crippen LogP contribution in [-0.4, -0.2) is 61.4 Å². The van der Waals surface area contributed by atoms with Crippen molar-refractivity contribution in [1.29, 1.82) is 0 Å². The van der Waals surface area contributed by atoms with Gasteiger partial charge in [0.05, 0.1) is 19.8 Å². The second-order valence-corrected chi connectivity index (χ2v) is 6.76. The monoisotopic (exact) mass is 355 g/mol. The average Bonchev–Trinajstić information content (AvgIpc) is 2.59. The number of hydrogen-bond acceptors (Lipinski definition) is 5. The van der Waals surface area contributed by atoms with Gasteiger partial charge in [-0.15, -0.1) is 0 Å². The van der Waals surface area contributed by atoms with E-state index in [9.17, 15) is 9.59 Å². The quantitative estimate of drug-likeness (QED) is 0.330. The molecule has 1 aliphatic heterocycles. The number of ether oxygens (including phenoxy) is 2. The number of rotatable bonds is 12. The fraction of sp³-hybridized carbons (Fsp3) is 0.789. The van der Waals surface area contributed by atoms with E-state index in [0.29, 0.717) is 18.9 Å². The summed E-state index contributed by atoms with van der Waals surface area (Å²) in [7, 11) is 0. The maximum Gasteiger partial charge on any atom is 0.334 e. The van der Waals surface area contributed by atoms with Gasteiger partial charge in [-0.25, -0.2) is 9.59 Å². The molecule has 0 aliphatic carbocycles. The van der Waals surface area contributed by atoms with Gasteiger partial charge in [0.2, 0.25) is 0 Å². The van der Waals surface area contributed by atoms with Crippen LogP contribution in [0, 0.1) is 5.92 Å². The molecule has 6 nitrogen and oxygen atoms in total. The van der Waals surface area contributed by atoms with Crippen LogP contribution < -0.4 is 0 Å². The molecule has 1 fully saturated rings. The predicted octanol–water partition coefficient (Wildman–Crippen LogP) is 2.87. The van der Waals surface area contributed by atoms with Gasteiger partial charge in [-0.2, -0.15) is 0 Å². The standard InChI is InChI=1S/C19H33NO5/c1-3-7-16(2)15-25-19(23)17(14-18(21)22)8-5-4-6-9-20-10-12-24-13-11-20/h14,16H,3-13,15H2,1-2H3,(H,21,22)/b17-14+. The van der Waals surface area contributed by atoms with E-state index in [0.717, 1.165) is 71.0 Å². The molecule has 1 rings (SSSR count). The normalized spacial score (nSPS) is 17.3. The molecule has 0 aromatic rings. The lowest BCUT2D eigenvalue weighted by Crippen LogP contribution is -2.36. The molecule has 0 bridgehead atoms. The van der Waals surface area contributed by atoms with Crippen molar-refractivity contribution in [3.63, 3.8) is 0 Å². The highest BCUT2D eigenvalue weighted by atomic mass is 16.5. The van der Waals surface area contributed by atoms with E-state index in [1.807, 2.05) is 6.92 Å². The second-order valence-electron chi connectivity index (χ2n) is 6.76. The van der Waals surface area contributed by atoms with Crippen LogP contribution in [0.15, 0.2) is 11.6 Å². The first-order valence-electron chi connectivity index (χ1n) is 9.43. The summed E-state index contributed by atoms with van der Waals surface area (Å²) in [5, 5.41) is 8.96. The number of aliphatic carboxylic acids is 1. The number of carbonyl (C=O) groups excluding carboxylic acids is 1. The number of carbonyl (C=O) groups is 2. The third-order valence-electron chi connectivity index (χ3n) is 4.36. The molecule has 0 amide bonds. The number of unbranched alkanes of at least 4 members (excludes halogenated alkanes) is 2. The lowest BCUT2D eigenvalue weighted by Gasteiger charge is -2.26. The van der Waals surface area contributed by atoms with E-state index in [4.69, 9.17) is 14.6 Å². The highest BCUT2D eigenvalue weighted by molar-refractivity contribution is 5.95. The number of carboxylic acid groups (broad SMARTS) is 1. The molecule has 0 saturated carbocycles. The largest absolute Gasteiger partial charge is 0.478 e. The lowest BCUT2D eigenvalue weighted by atomic mass is 10.1. The molecule has 0 spiro atoms. The second kappa shape index (κ2) is 12.9. The molecule has 0 radical (unpaired) electrons. The highest BCUT2D eigenvalue weighted by Gasteiger charge is 2.15. The maximum absolute atomic E-state index is 12.1. The van der Waals surface area contributed by atoms with E-state index < -0.39 is 11.9 Å². The molecule has 1 atom stereocenters. The summed E-state index contributed by atoms with van der Waals surface area (Å²) in [6.07, 6.45) is 6.29. The van der Waals surface area contributed by atoms with Crippen molar-refractivity contribution in [2.24, 2.45) is 5.92 Å². The summed E-state index contributed by atoms with van der Waals surface area (Å²) in [4.78, 5) is 25.4. The summed E-state index contributed by atoms with van der Waals surface area (Å²) in [5.41, 5.74) is 0.266. The first kappa shape index (κ1) is 21.6. The molecule has 0 aromatic heterocycles. The van der Waals surface area contributed by atoms with Crippen LogP contribution in [0.4, 0.5) is 0 Å². The molecule has 0 aromatic carbocycles. The van der Waals surface area contributed by atoms with Crippen LogP contribution in [0.25, 0.3) is 0 Å². The zero-order valence-corrected chi connectivity index (χ0v) is 15.7. The Kier molecular flexibility index (Phi) is 11.2. The third-order valence-corrected chi connectivity index (χ3v) is 4.36. The molecule has 1 N–H and O–H groups in total. The first-order chi connectivity index (χ1) is 12.0. The van der Waals surface area contributed by atoms with Gasteiger partial charge in [-0.1, -0.05) is 26.7 Å². The van der Waals surface area contributed by atoms with Gasteiger partial charge in [0.25, 0.3) is 0 Å². The highest BCUT2D eigenvalue weighted by Crippen LogP contribution is 2.14. The van der Waals surface area contributed by atoms with Crippen LogP contribution in [0.2, 0.25) is 0 Å². The van der Waals surface area contributed by atoms with E-state index in [-0.39, 0.29) is 5.57 Å². The Morgan fingerprint density at radius 1 is 1.24 bits per heavy atom. The van der Waals surface area contributed by atoms with Crippen LogP contribution >= 0.6 is 0 Å². The molecule has 6 heteroatoms. The van der Waals surface area contributed by atoms with E-state index >= 15 is 0 Å². The van der Waals surface area contributed by atoms with Crippen LogP contribution in [0.3, 0.4) is 0 Å². The Bertz CT molecular complexity index is 430. The van der Waals surface area contributed by atoms with Crippen LogP contribution in [-0.2, 0) is 19.1 Å². The number of carboxylic acids is 1. The topological polar surface area (TPSA) is 76.1 Å². The first-order valence-corrected chi connectivity index (χ1v) is 9.43. The number of nitrogens with zero attached hydrogens (tertiary/aromatic N) is 1. The summed E-state index contributed by atoms with van der Waals surface area (Å²) in [6, 6.07) is 0. The van der Waals surface area contributed by atoms with Crippen molar-refractivity contribution < 1.29 is 24.2 Å². The Balaban J connectivity index is 2.29. The molecule has 25 heavy (non-hydrogen) atoms. The van der Waals surface area contributed by atoms with E-state index in [1.165, 1.54) is 0 Å². The van der Waals surface area contributed by atoms with Gasteiger partial charge in [0, 0.05) is 24.7 Å². The Labute approximate surface area is 151 Å². The molecular weight excluding hydrogens is 322 g/mol. The van der Waals surface area contributed by atoms with Crippen LogP contribution in [0.5, 0.6) is 0 Å². The minimum atomic E-state index is -1.10. The average molecular weight is 355 g/mol. The van der Waals surface area contributed by atoms with E-state index in [1.54, 1.807) is 0 Å². The van der Waals surface area contributed by atoms with Gasteiger partial charge in [0.15, 0.2) is 0 Å². The fourth-order valence-electron chi connectivity index (χ4n) is 2.92. The zero-order chi connectivity index (χ0) is 18.5. The van der Waals surface area contributed by atoms with Gasteiger partial charge < -0.3 is 14.6 Å². The van der Waals surface area contributed by atoms with Crippen molar-refractivity contribution in [1.82, 2.24) is 4.90 Å². The van der Waals surface area contributed by atoms with Crippen molar-refractivity contribution >= 4 is 11.9 Å². The van der Waals surface area contributed by atoms with Gasteiger partial charge >= 0.3 is 11.9 Å². The van der Waals surface area contributed by atoms with Crippen molar-refractivity contribution in [2.45, 2.75) is 52.4 Å². The number of hydrogen-bond donors (Lipinski definition) is 1. The Morgan fingerprint density at radius 2 is 1.96 bits per heavy atom. The molecule has 1 heterocycles. The van der Waals surface area contributed by atoms with Crippen molar-refractivity contribution in [3.8, 4) is 0 Å². The summed E-state index contributed by atoms with van der Waals surface area (Å²) in [6.45, 7) is 9.05. The molecule has 144 valence electrons. The summed E-state index contributed by atoms with van der Waals surface area (Å²) < 4.78 is 10.6. The minimum absolute atomic E-state index is 0.266. The SMILES string of the molecule is CCCC(C)COC(=O)/C(=C/C(=O)O)CCCCCN1CCOCC1. The number of esters is 1. The van der Waals surface area contributed by atoms with Gasteiger partial charge in [-0.3, -0.25) is 4.90 Å². The number of morpholine rings is 1. The van der Waals surface area contributed by atoms with Crippen LogP contribution in [0.1, 0.15) is 52.4 Å².